The number of nitrogens with zero attached hydrogens (tertiary/aromatic N) is 1. The summed E-state index contributed by atoms with van der Waals surface area (Å²) in [7, 11) is 3.59. The molecule has 1 atom stereocenters. The van der Waals surface area contributed by atoms with Gasteiger partial charge in [0.15, 0.2) is 5.92 Å². The second kappa shape index (κ2) is 9.02. The molecule has 1 aliphatic rings. The van der Waals surface area contributed by atoms with Crippen molar-refractivity contribution in [3.8, 4) is 0 Å². The van der Waals surface area contributed by atoms with Crippen molar-refractivity contribution in [2.75, 3.05) is 21.3 Å². The molecule has 0 fully saturated rings. The van der Waals surface area contributed by atoms with Crippen LogP contribution >= 0.6 is 0 Å². The van der Waals surface area contributed by atoms with E-state index in [1.165, 1.54) is 7.11 Å². The van der Waals surface area contributed by atoms with Crippen LogP contribution in [0.5, 0.6) is 0 Å². The van der Waals surface area contributed by atoms with Gasteiger partial charge in [-0.05, 0) is 18.1 Å². The van der Waals surface area contributed by atoms with Gasteiger partial charge in [-0.2, -0.15) is 0 Å². The predicted octanol–water partition coefficient (Wildman–Crippen LogP) is 1.28. The van der Waals surface area contributed by atoms with E-state index in [0.29, 0.717) is 16.0 Å². The van der Waals surface area contributed by atoms with Crippen molar-refractivity contribution in [2.24, 2.45) is 5.92 Å². The van der Waals surface area contributed by atoms with Crippen molar-refractivity contribution in [3.63, 3.8) is 0 Å². The quantitative estimate of drug-likeness (QED) is 0.301. The molecule has 1 unspecified atom stereocenters. The minimum absolute atomic E-state index is 0.0138. The average Bonchev–Trinajstić information content (AvgIpc) is 2.69. The normalized spacial score (nSPS) is 15.6. The highest BCUT2D eigenvalue weighted by molar-refractivity contribution is 6.00. The molecule has 0 aromatic heterocycles. The Kier molecular flexibility index (Phi) is 6.75. The van der Waals surface area contributed by atoms with Crippen molar-refractivity contribution in [1.29, 1.82) is 0 Å². The average molecular weight is 379 g/mol. The minimum Gasteiger partial charge on any atom is -0.469 e. The summed E-state index contributed by atoms with van der Waals surface area (Å²) in [5, 5.41) is 12.4. The van der Waals surface area contributed by atoms with Gasteiger partial charge in [0.25, 0.3) is 5.71 Å². The van der Waals surface area contributed by atoms with E-state index >= 15 is 0 Å². The van der Waals surface area contributed by atoms with Gasteiger partial charge in [0.05, 0.1) is 39.4 Å². The highest BCUT2D eigenvalue weighted by atomic mass is 16.9. The summed E-state index contributed by atoms with van der Waals surface area (Å²) in [4.78, 5) is 41.0. The summed E-state index contributed by atoms with van der Waals surface area (Å²) in [5.41, 5.74) is 1.48. The number of ether oxygens (including phenoxy) is 3. The standard InChI is InChI=1S/C18H21NO8/c1-24-16(20)9-8-14-11-6-4-5-7-12(11)15(27-19(14)23)10-13(17(21)25-2)18(22)26-3/h4-7,13,15H,8-10H2,1-3H3. The molecular formula is C18H21NO8. The number of carbonyl (C=O) groups is 3. The predicted molar refractivity (Wildman–Crippen MR) is 91.4 cm³/mol. The Morgan fingerprint density at radius 1 is 1.11 bits per heavy atom. The van der Waals surface area contributed by atoms with E-state index in [4.69, 9.17) is 4.84 Å². The fourth-order valence-electron chi connectivity index (χ4n) is 2.88. The first-order valence-corrected chi connectivity index (χ1v) is 8.24. The summed E-state index contributed by atoms with van der Waals surface area (Å²) in [5.74, 6) is -3.24. The summed E-state index contributed by atoms with van der Waals surface area (Å²) >= 11 is 0. The molecule has 1 heterocycles. The van der Waals surface area contributed by atoms with Gasteiger partial charge in [0.2, 0.25) is 0 Å². The van der Waals surface area contributed by atoms with Gasteiger partial charge < -0.3 is 19.0 Å². The van der Waals surface area contributed by atoms with Crippen LogP contribution in [-0.2, 0) is 33.4 Å². The van der Waals surface area contributed by atoms with E-state index in [-0.39, 0.29) is 25.0 Å². The molecule has 9 heteroatoms. The number of hydrogen-bond acceptors (Lipinski definition) is 8. The van der Waals surface area contributed by atoms with Gasteiger partial charge in [-0.3, -0.25) is 19.6 Å². The fraction of sp³-hybridized carbons (Fsp3) is 0.444. The molecule has 1 aromatic rings. The summed E-state index contributed by atoms with van der Waals surface area (Å²) in [6.07, 6.45) is -0.847. The van der Waals surface area contributed by atoms with Crippen molar-refractivity contribution >= 4 is 23.6 Å². The zero-order chi connectivity index (χ0) is 20.0. The van der Waals surface area contributed by atoms with Crippen LogP contribution in [0.25, 0.3) is 0 Å². The summed E-state index contributed by atoms with van der Waals surface area (Å²) < 4.78 is 13.9. The number of esters is 3. The Morgan fingerprint density at radius 3 is 2.33 bits per heavy atom. The molecule has 0 N–H and O–H groups in total. The van der Waals surface area contributed by atoms with E-state index in [9.17, 15) is 19.6 Å². The third kappa shape index (κ3) is 4.55. The van der Waals surface area contributed by atoms with Crippen molar-refractivity contribution < 1.29 is 38.3 Å². The molecule has 146 valence electrons. The Morgan fingerprint density at radius 2 is 1.74 bits per heavy atom. The molecule has 0 spiro atoms. The lowest BCUT2D eigenvalue weighted by Gasteiger charge is -2.29. The molecule has 0 saturated carbocycles. The van der Waals surface area contributed by atoms with Crippen LogP contribution in [0.15, 0.2) is 24.3 Å². The topological polar surface area (TPSA) is 114 Å². The Balaban J connectivity index is 2.31. The largest absolute Gasteiger partial charge is 0.469 e. The maximum absolute atomic E-state index is 12.4. The monoisotopic (exact) mass is 379 g/mol. The molecule has 27 heavy (non-hydrogen) atoms. The third-order valence-electron chi connectivity index (χ3n) is 4.28. The maximum Gasteiger partial charge on any atom is 0.320 e. The van der Waals surface area contributed by atoms with E-state index in [1.54, 1.807) is 24.3 Å². The Labute approximate surface area is 156 Å². The first-order chi connectivity index (χ1) is 12.9. The highest BCUT2D eigenvalue weighted by Gasteiger charge is 2.37. The smallest absolute Gasteiger partial charge is 0.320 e. The molecule has 0 bridgehead atoms. The van der Waals surface area contributed by atoms with Crippen LogP contribution in [0.2, 0.25) is 0 Å². The van der Waals surface area contributed by atoms with E-state index in [1.807, 2.05) is 0 Å². The van der Waals surface area contributed by atoms with Crippen LogP contribution in [-0.4, -0.2) is 49.9 Å². The number of methoxy groups -OCH3 is 3. The molecule has 1 aliphatic heterocycles. The fourth-order valence-corrected chi connectivity index (χ4v) is 2.88. The zero-order valence-corrected chi connectivity index (χ0v) is 15.3. The van der Waals surface area contributed by atoms with Crippen LogP contribution in [0.3, 0.4) is 0 Å². The van der Waals surface area contributed by atoms with Crippen LogP contribution in [0, 0.1) is 11.1 Å². The number of carbonyl (C=O) groups excluding carboxylic acids is 3. The van der Waals surface area contributed by atoms with E-state index in [0.717, 1.165) is 14.2 Å². The van der Waals surface area contributed by atoms with Gasteiger partial charge >= 0.3 is 17.9 Å². The van der Waals surface area contributed by atoms with Crippen LogP contribution in [0.4, 0.5) is 0 Å². The first kappa shape index (κ1) is 20.2. The third-order valence-corrected chi connectivity index (χ3v) is 4.28. The minimum atomic E-state index is -1.23. The summed E-state index contributed by atoms with van der Waals surface area (Å²) in [6.45, 7) is 0. The molecule has 0 amide bonds. The van der Waals surface area contributed by atoms with Crippen molar-refractivity contribution in [3.05, 3.63) is 40.6 Å². The van der Waals surface area contributed by atoms with Crippen LogP contribution in [0.1, 0.15) is 36.5 Å². The lowest BCUT2D eigenvalue weighted by atomic mass is 9.90. The molecule has 2 rings (SSSR count). The molecule has 1 aromatic carbocycles. The number of benzene rings is 1. The van der Waals surface area contributed by atoms with E-state index < -0.39 is 29.9 Å². The van der Waals surface area contributed by atoms with Gasteiger partial charge in [0, 0.05) is 11.3 Å². The summed E-state index contributed by atoms with van der Waals surface area (Å²) in [6, 6.07) is 6.94. The molecule has 0 radical (unpaired) electrons. The molecule has 0 aliphatic carbocycles. The van der Waals surface area contributed by atoms with Gasteiger partial charge in [-0.15, -0.1) is 0 Å². The Hall–Kier alpha value is -3.10. The first-order valence-electron chi connectivity index (χ1n) is 8.24. The number of fused-ring (bicyclic) bond motifs is 1. The number of rotatable bonds is 7. The van der Waals surface area contributed by atoms with Crippen LogP contribution < -0.4 is 0 Å². The Bertz CT molecular complexity index is 741. The second-order valence-electron chi connectivity index (χ2n) is 5.80. The maximum atomic E-state index is 12.4. The SMILES string of the molecule is COC(=O)CCC1=[N+]([O-])OC(CC(C(=O)OC)C(=O)OC)c2ccccc21. The lowest BCUT2D eigenvalue weighted by molar-refractivity contribution is -0.758. The van der Waals surface area contributed by atoms with E-state index in [2.05, 4.69) is 14.2 Å². The van der Waals surface area contributed by atoms with Gasteiger partial charge in [-0.1, -0.05) is 18.2 Å². The van der Waals surface area contributed by atoms with Crippen molar-refractivity contribution in [1.82, 2.24) is 0 Å². The molecule has 0 saturated heterocycles. The molecular weight excluding hydrogens is 358 g/mol. The zero-order valence-electron chi connectivity index (χ0n) is 15.3. The lowest BCUT2D eigenvalue weighted by Crippen LogP contribution is -2.33. The van der Waals surface area contributed by atoms with Gasteiger partial charge in [0.1, 0.15) is 0 Å². The second-order valence-corrected chi connectivity index (χ2v) is 5.80. The van der Waals surface area contributed by atoms with Crippen molar-refractivity contribution in [2.45, 2.75) is 25.4 Å². The number of hydrogen-bond donors (Lipinski definition) is 0. The van der Waals surface area contributed by atoms with Gasteiger partial charge in [-0.25, -0.2) is 0 Å². The highest BCUT2D eigenvalue weighted by Crippen LogP contribution is 2.33. The molecule has 9 nitrogen and oxygen atoms in total.